The molecule has 0 spiro atoms. The molecule has 0 unspecified atom stereocenters. The predicted octanol–water partition coefficient (Wildman–Crippen LogP) is 3.07. The van der Waals surface area contributed by atoms with E-state index in [0.717, 1.165) is 6.07 Å². The molecule has 0 atom stereocenters. The van der Waals surface area contributed by atoms with E-state index in [2.05, 4.69) is 5.32 Å². The molecule has 10 heteroatoms. The second-order valence-corrected chi connectivity index (χ2v) is 6.94. The molecule has 0 aromatic heterocycles. The number of nitrogens with one attached hydrogen (secondary N) is 1. The van der Waals surface area contributed by atoms with Gasteiger partial charge in [-0.2, -0.15) is 5.26 Å². The average Bonchev–Trinajstić information content (AvgIpc) is 2.70. The fraction of sp³-hybridized carbons (Fsp3) is 0.211. The zero-order valence-electron chi connectivity index (χ0n) is 15.7. The molecule has 150 valence electrons. The van der Waals surface area contributed by atoms with E-state index < -0.39 is 23.4 Å². The summed E-state index contributed by atoms with van der Waals surface area (Å²) in [5, 5.41) is 22.5. The van der Waals surface area contributed by atoms with Crippen molar-refractivity contribution >= 4 is 40.7 Å². The van der Waals surface area contributed by atoms with E-state index >= 15 is 0 Å². The second-order valence-electron chi connectivity index (χ2n) is 5.92. The van der Waals surface area contributed by atoms with Gasteiger partial charge in [0.15, 0.2) is 6.61 Å². The number of hydrogen-bond donors (Lipinski definition) is 1. The number of anilines is 2. The highest BCUT2D eigenvalue weighted by Gasteiger charge is 2.20. The van der Waals surface area contributed by atoms with Crippen LogP contribution < -0.4 is 10.2 Å². The second kappa shape index (κ2) is 10.1. The number of esters is 1. The fourth-order valence-electron chi connectivity index (χ4n) is 2.38. The summed E-state index contributed by atoms with van der Waals surface area (Å²) in [6, 6.07) is 12.9. The quantitative estimate of drug-likeness (QED) is 0.302. The van der Waals surface area contributed by atoms with Gasteiger partial charge in [0.05, 0.1) is 28.0 Å². The summed E-state index contributed by atoms with van der Waals surface area (Å²) in [6.45, 7) is -0.556. The third kappa shape index (κ3) is 5.95. The first-order valence-corrected chi connectivity index (χ1v) is 9.33. The summed E-state index contributed by atoms with van der Waals surface area (Å²) in [5.74, 6) is -1.19. The lowest BCUT2D eigenvalue weighted by Crippen LogP contribution is -2.21. The van der Waals surface area contributed by atoms with Crippen LogP contribution in [0.5, 0.6) is 0 Å². The van der Waals surface area contributed by atoms with E-state index in [9.17, 15) is 19.7 Å². The van der Waals surface area contributed by atoms with E-state index in [4.69, 9.17) is 10.00 Å². The molecule has 0 heterocycles. The van der Waals surface area contributed by atoms with E-state index in [1.54, 1.807) is 43.3 Å². The predicted molar refractivity (Wildman–Crippen MR) is 109 cm³/mol. The van der Waals surface area contributed by atoms with Crippen LogP contribution in [0.2, 0.25) is 0 Å². The SMILES string of the molecule is CN(C)c1ccc(C(=O)OCC(=O)Nc2ccccc2SCC#N)cc1[N+](=O)[O-]. The Balaban J connectivity index is 2.03. The van der Waals surface area contributed by atoms with Crippen molar-refractivity contribution in [2.24, 2.45) is 0 Å². The lowest BCUT2D eigenvalue weighted by atomic mass is 10.1. The molecule has 0 saturated carbocycles. The first kappa shape index (κ1) is 21.7. The summed E-state index contributed by atoms with van der Waals surface area (Å²) in [5.41, 5.74) is 0.577. The van der Waals surface area contributed by atoms with Gasteiger partial charge >= 0.3 is 5.97 Å². The van der Waals surface area contributed by atoms with Gasteiger partial charge in [0, 0.05) is 25.1 Å². The Bertz CT molecular complexity index is 971. The Kier molecular flexibility index (Phi) is 7.56. The number of carbonyl (C=O) groups excluding carboxylic acids is 2. The number of para-hydroxylation sites is 1. The standard InChI is InChI=1S/C19H18N4O5S/c1-22(2)15-8-7-13(11-16(15)23(26)27)19(25)28-12-18(24)21-14-5-3-4-6-17(14)29-10-9-20/h3-8,11H,10,12H2,1-2H3,(H,21,24). The number of hydrogen-bond acceptors (Lipinski definition) is 8. The Hall–Kier alpha value is -3.58. The van der Waals surface area contributed by atoms with Crippen LogP contribution in [-0.4, -0.2) is 43.3 Å². The highest BCUT2D eigenvalue weighted by atomic mass is 32.2. The number of benzene rings is 2. The molecule has 0 aliphatic rings. The van der Waals surface area contributed by atoms with Crippen molar-refractivity contribution in [3.8, 4) is 6.07 Å². The van der Waals surface area contributed by atoms with Crippen LogP contribution >= 0.6 is 11.8 Å². The van der Waals surface area contributed by atoms with Crippen LogP contribution in [0.4, 0.5) is 17.1 Å². The Morgan fingerprint density at radius 1 is 1.28 bits per heavy atom. The van der Waals surface area contributed by atoms with Crippen LogP contribution in [0.3, 0.4) is 0 Å². The fourth-order valence-corrected chi connectivity index (χ4v) is 3.05. The van der Waals surface area contributed by atoms with Gasteiger partial charge < -0.3 is 15.0 Å². The summed E-state index contributed by atoms with van der Waals surface area (Å²) >= 11 is 1.27. The molecular formula is C19H18N4O5S. The molecule has 0 bridgehead atoms. The summed E-state index contributed by atoms with van der Waals surface area (Å²) in [4.78, 5) is 37.2. The maximum atomic E-state index is 12.2. The third-order valence-electron chi connectivity index (χ3n) is 3.68. The Labute approximate surface area is 171 Å². The van der Waals surface area contributed by atoms with Gasteiger partial charge in [-0.1, -0.05) is 12.1 Å². The van der Waals surface area contributed by atoms with Crippen LogP contribution in [0.1, 0.15) is 10.4 Å². The zero-order valence-corrected chi connectivity index (χ0v) is 16.6. The lowest BCUT2D eigenvalue weighted by molar-refractivity contribution is -0.384. The molecule has 2 rings (SSSR count). The van der Waals surface area contributed by atoms with Gasteiger partial charge in [-0.3, -0.25) is 14.9 Å². The number of ether oxygens (including phenoxy) is 1. The van der Waals surface area contributed by atoms with Crippen LogP contribution in [0, 0.1) is 21.4 Å². The zero-order chi connectivity index (χ0) is 21.4. The van der Waals surface area contributed by atoms with Crippen molar-refractivity contribution in [2.75, 3.05) is 36.7 Å². The van der Waals surface area contributed by atoms with Gasteiger partial charge in [0.2, 0.25) is 0 Å². The Morgan fingerprint density at radius 3 is 2.66 bits per heavy atom. The maximum absolute atomic E-state index is 12.2. The first-order chi connectivity index (χ1) is 13.8. The van der Waals surface area contributed by atoms with Crippen molar-refractivity contribution in [1.82, 2.24) is 0 Å². The number of rotatable bonds is 8. The highest BCUT2D eigenvalue weighted by Crippen LogP contribution is 2.28. The van der Waals surface area contributed by atoms with E-state index in [1.165, 1.54) is 23.9 Å². The maximum Gasteiger partial charge on any atom is 0.338 e. The minimum atomic E-state index is -0.847. The smallest absolute Gasteiger partial charge is 0.338 e. The van der Waals surface area contributed by atoms with Gasteiger partial charge in [0.1, 0.15) is 5.69 Å². The topological polar surface area (TPSA) is 126 Å². The summed E-state index contributed by atoms with van der Waals surface area (Å²) in [6.07, 6.45) is 0. The van der Waals surface area contributed by atoms with E-state index in [-0.39, 0.29) is 17.0 Å². The number of amides is 1. The van der Waals surface area contributed by atoms with Crippen molar-refractivity contribution in [3.63, 3.8) is 0 Å². The van der Waals surface area contributed by atoms with E-state index in [0.29, 0.717) is 16.3 Å². The molecule has 0 aliphatic carbocycles. The number of nitro benzene ring substituents is 1. The van der Waals surface area contributed by atoms with Crippen molar-refractivity contribution < 1.29 is 19.2 Å². The largest absolute Gasteiger partial charge is 0.452 e. The van der Waals surface area contributed by atoms with Gasteiger partial charge in [-0.25, -0.2) is 4.79 Å². The Morgan fingerprint density at radius 2 is 2.00 bits per heavy atom. The number of carbonyl (C=O) groups is 2. The molecule has 29 heavy (non-hydrogen) atoms. The lowest BCUT2D eigenvalue weighted by Gasteiger charge is -2.13. The van der Waals surface area contributed by atoms with Crippen LogP contribution in [0.25, 0.3) is 0 Å². The van der Waals surface area contributed by atoms with Crippen molar-refractivity contribution in [2.45, 2.75) is 4.90 Å². The van der Waals surface area contributed by atoms with Gasteiger partial charge in [-0.15, -0.1) is 11.8 Å². The van der Waals surface area contributed by atoms with Crippen LogP contribution in [0.15, 0.2) is 47.4 Å². The molecule has 0 saturated heterocycles. The highest BCUT2D eigenvalue weighted by molar-refractivity contribution is 7.99. The molecule has 0 radical (unpaired) electrons. The van der Waals surface area contributed by atoms with Crippen molar-refractivity contribution in [3.05, 3.63) is 58.1 Å². The molecule has 1 N–H and O–H groups in total. The molecule has 0 aliphatic heterocycles. The number of nitriles is 1. The average molecular weight is 414 g/mol. The molecule has 1 amide bonds. The molecule has 2 aromatic rings. The number of nitro groups is 1. The first-order valence-electron chi connectivity index (χ1n) is 8.35. The summed E-state index contributed by atoms with van der Waals surface area (Å²) < 4.78 is 4.97. The molecule has 2 aromatic carbocycles. The molecular weight excluding hydrogens is 396 g/mol. The minimum Gasteiger partial charge on any atom is -0.452 e. The van der Waals surface area contributed by atoms with E-state index in [1.807, 2.05) is 6.07 Å². The van der Waals surface area contributed by atoms with Crippen molar-refractivity contribution in [1.29, 1.82) is 5.26 Å². The third-order valence-corrected chi connectivity index (χ3v) is 4.62. The van der Waals surface area contributed by atoms with Gasteiger partial charge in [0.25, 0.3) is 11.6 Å². The van der Waals surface area contributed by atoms with Crippen LogP contribution in [-0.2, 0) is 9.53 Å². The number of nitrogens with zero attached hydrogens (tertiary/aromatic N) is 3. The monoisotopic (exact) mass is 414 g/mol. The minimum absolute atomic E-state index is 0.0277. The normalized spacial score (nSPS) is 9.97. The molecule has 0 fully saturated rings. The summed E-state index contributed by atoms with van der Waals surface area (Å²) in [7, 11) is 3.30. The number of thioether (sulfide) groups is 1. The van der Waals surface area contributed by atoms with Gasteiger partial charge in [-0.05, 0) is 24.3 Å². The molecule has 9 nitrogen and oxygen atoms in total.